The summed E-state index contributed by atoms with van der Waals surface area (Å²) >= 11 is 0. The van der Waals surface area contributed by atoms with Crippen molar-refractivity contribution in [1.82, 2.24) is 0 Å². The number of rotatable bonds is 3. The highest BCUT2D eigenvalue weighted by atomic mass is 35.5. The van der Waals surface area contributed by atoms with Crippen molar-refractivity contribution in [3.8, 4) is 0 Å². The third-order valence-corrected chi connectivity index (χ3v) is 0.903. The number of carboxylic acid groups (broad SMARTS) is 1. The van der Waals surface area contributed by atoms with Crippen molar-refractivity contribution in [1.29, 1.82) is 0 Å². The number of carboxylic acids is 1. The fourth-order valence-corrected chi connectivity index (χ4v) is 0.150. The molecule has 0 saturated carbocycles. The third-order valence-electron chi connectivity index (χ3n) is 0.903. The minimum absolute atomic E-state index is 0. The maximum atomic E-state index is 11.5. The summed E-state index contributed by atoms with van der Waals surface area (Å²) < 4.78 is 23.1. The van der Waals surface area contributed by atoms with Gasteiger partial charge in [-0.25, -0.2) is 8.78 Å². The van der Waals surface area contributed by atoms with Gasteiger partial charge in [0.2, 0.25) is 0 Å². The molecule has 0 aromatic rings. The van der Waals surface area contributed by atoms with Crippen molar-refractivity contribution < 1.29 is 18.7 Å². The molecule has 0 rings (SSSR count). The summed E-state index contributed by atoms with van der Waals surface area (Å²) in [6, 6.07) is 0. The van der Waals surface area contributed by atoms with Crippen molar-refractivity contribution in [2.45, 2.75) is 5.54 Å². The topological polar surface area (TPSA) is 63.3 Å². The fourth-order valence-electron chi connectivity index (χ4n) is 0.150. The predicted molar refractivity (Wildman–Crippen MR) is 33.8 cm³/mol. The van der Waals surface area contributed by atoms with E-state index in [1.54, 1.807) is 0 Å². The molecule has 0 aliphatic carbocycles. The van der Waals surface area contributed by atoms with E-state index in [0.29, 0.717) is 0 Å². The van der Waals surface area contributed by atoms with E-state index in [2.05, 4.69) is 5.73 Å². The monoisotopic (exact) mass is 175 g/mol. The molecule has 0 radical (unpaired) electrons. The van der Waals surface area contributed by atoms with Crippen molar-refractivity contribution in [3.63, 3.8) is 0 Å². The van der Waals surface area contributed by atoms with Crippen LogP contribution in [0.3, 0.4) is 0 Å². The average molecular weight is 176 g/mol. The molecule has 62 valence electrons. The van der Waals surface area contributed by atoms with Gasteiger partial charge in [-0.2, -0.15) is 0 Å². The number of aliphatic carboxylic acids is 1. The molecule has 0 aliphatic rings. The van der Waals surface area contributed by atoms with E-state index in [-0.39, 0.29) is 12.4 Å². The fraction of sp³-hybridized carbons (Fsp3) is 0.750. The molecule has 3 nitrogen and oxygen atoms in total. The first-order valence-electron chi connectivity index (χ1n) is 2.21. The molecule has 0 spiro atoms. The SMILES string of the molecule is Cl.NC(CF)(CF)C(=O)O. The second kappa shape index (κ2) is 4.40. The van der Waals surface area contributed by atoms with E-state index < -0.39 is 24.9 Å². The number of nitrogens with two attached hydrogens (primary N) is 1. The highest BCUT2D eigenvalue weighted by Gasteiger charge is 2.34. The molecule has 0 aromatic heterocycles. The first-order chi connectivity index (χ1) is 4.06. The van der Waals surface area contributed by atoms with Crippen LogP contribution in [0.5, 0.6) is 0 Å². The Kier molecular flexibility index (Phi) is 5.41. The Morgan fingerprint density at radius 3 is 1.80 bits per heavy atom. The number of hydrogen-bond acceptors (Lipinski definition) is 2. The largest absolute Gasteiger partial charge is 0.480 e. The summed E-state index contributed by atoms with van der Waals surface area (Å²) in [6.45, 7) is -2.78. The van der Waals surface area contributed by atoms with Crippen LogP contribution >= 0.6 is 12.4 Å². The zero-order chi connectivity index (χ0) is 7.49. The summed E-state index contributed by atoms with van der Waals surface area (Å²) in [6.07, 6.45) is 0. The maximum Gasteiger partial charge on any atom is 0.329 e. The van der Waals surface area contributed by atoms with Crippen molar-refractivity contribution in [2.24, 2.45) is 5.73 Å². The molecule has 0 fully saturated rings. The van der Waals surface area contributed by atoms with Gasteiger partial charge in [0.15, 0.2) is 5.54 Å². The van der Waals surface area contributed by atoms with E-state index in [4.69, 9.17) is 5.11 Å². The number of carbonyl (C=O) groups is 1. The van der Waals surface area contributed by atoms with Crippen LogP contribution < -0.4 is 5.73 Å². The van der Waals surface area contributed by atoms with Gasteiger partial charge in [0, 0.05) is 0 Å². The van der Waals surface area contributed by atoms with E-state index >= 15 is 0 Å². The van der Waals surface area contributed by atoms with Crippen molar-refractivity contribution in [3.05, 3.63) is 0 Å². The van der Waals surface area contributed by atoms with E-state index in [0.717, 1.165) is 0 Å². The standard InChI is InChI=1S/C4H7F2NO2.ClH/c5-1-4(7,2-6)3(8)9;/h1-2,7H2,(H,8,9);1H. The van der Waals surface area contributed by atoms with Gasteiger partial charge in [0.1, 0.15) is 13.3 Å². The van der Waals surface area contributed by atoms with Crippen LogP contribution in [0.2, 0.25) is 0 Å². The minimum atomic E-state index is -2.33. The molecule has 6 heteroatoms. The third kappa shape index (κ3) is 2.45. The van der Waals surface area contributed by atoms with Crippen LogP contribution in [0.4, 0.5) is 8.78 Å². The lowest BCUT2D eigenvalue weighted by Gasteiger charge is -2.14. The van der Waals surface area contributed by atoms with Gasteiger partial charge in [0.05, 0.1) is 0 Å². The van der Waals surface area contributed by atoms with Gasteiger partial charge >= 0.3 is 5.97 Å². The van der Waals surface area contributed by atoms with Gasteiger partial charge in [-0.15, -0.1) is 12.4 Å². The Labute approximate surface area is 62.6 Å². The molecule has 0 heterocycles. The van der Waals surface area contributed by atoms with Gasteiger partial charge < -0.3 is 10.8 Å². The van der Waals surface area contributed by atoms with Gasteiger partial charge in [-0.05, 0) is 0 Å². The summed E-state index contributed by atoms with van der Waals surface area (Å²) in [7, 11) is 0. The normalized spacial score (nSPS) is 10.3. The summed E-state index contributed by atoms with van der Waals surface area (Å²) in [5.74, 6) is -1.66. The van der Waals surface area contributed by atoms with Crippen LogP contribution in [0.25, 0.3) is 0 Å². The van der Waals surface area contributed by atoms with E-state index in [9.17, 15) is 13.6 Å². The smallest absolute Gasteiger partial charge is 0.329 e. The quantitative estimate of drug-likeness (QED) is 0.641. The maximum absolute atomic E-state index is 11.5. The molecule has 0 atom stereocenters. The first kappa shape index (κ1) is 12.3. The van der Waals surface area contributed by atoms with Crippen LogP contribution in [0, 0.1) is 0 Å². The molecule has 0 unspecified atom stereocenters. The van der Waals surface area contributed by atoms with Crippen molar-refractivity contribution in [2.75, 3.05) is 13.3 Å². The van der Waals surface area contributed by atoms with Crippen LogP contribution in [-0.2, 0) is 4.79 Å². The molecule has 3 N–H and O–H groups in total. The summed E-state index contributed by atoms with van der Waals surface area (Å²) in [5.41, 5.74) is 2.36. The zero-order valence-corrected chi connectivity index (χ0v) is 5.83. The Morgan fingerprint density at radius 2 is 1.80 bits per heavy atom. The predicted octanol–water partition coefficient (Wildman–Crippen LogP) is 0.129. The Balaban J connectivity index is 0. The first-order valence-corrected chi connectivity index (χ1v) is 2.21. The second-order valence-electron chi connectivity index (χ2n) is 1.73. The molecule has 0 amide bonds. The zero-order valence-electron chi connectivity index (χ0n) is 5.01. The lowest BCUT2D eigenvalue weighted by molar-refractivity contribution is -0.144. The van der Waals surface area contributed by atoms with Crippen LogP contribution in [-0.4, -0.2) is 30.0 Å². The molecular weight excluding hydrogens is 167 g/mol. The molecule has 0 bridgehead atoms. The second-order valence-corrected chi connectivity index (χ2v) is 1.73. The Morgan fingerprint density at radius 1 is 1.50 bits per heavy atom. The molecule has 0 aromatic carbocycles. The Bertz CT molecular complexity index is 118. The van der Waals surface area contributed by atoms with Gasteiger partial charge in [-0.1, -0.05) is 0 Å². The molecule has 0 aliphatic heterocycles. The van der Waals surface area contributed by atoms with E-state index in [1.165, 1.54) is 0 Å². The summed E-state index contributed by atoms with van der Waals surface area (Å²) in [4.78, 5) is 9.88. The summed E-state index contributed by atoms with van der Waals surface area (Å²) in [5, 5.41) is 8.03. The van der Waals surface area contributed by atoms with Gasteiger partial charge in [0.25, 0.3) is 0 Å². The Hall–Kier alpha value is -0.420. The average Bonchev–Trinajstić information content (AvgIpc) is 1.86. The highest BCUT2D eigenvalue weighted by molar-refractivity contribution is 5.85. The lowest BCUT2D eigenvalue weighted by Crippen LogP contribution is -2.52. The number of halogens is 3. The molecule has 0 saturated heterocycles. The molecular formula is C4H8ClF2NO2. The minimum Gasteiger partial charge on any atom is -0.480 e. The van der Waals surface area contributed by atoms with Crippen molar-refractivity contribution >= 4 is 18.4 Å². The van der Waals surface area contributed by atoms with Crippen LogP contribution in [0.1, 0.15) is 0 Å². The van der Waals surface area contributed by atoms with E-state index in [1.807, 2.05) is 0 Å². The lowest BCUT2D eigenvalue weighted by atomic mass is 10.1. The number of hydrogen-bond donors (Lipinski definition) is 2. The highest BCUT2D eigenvalue weighted by Crippen LogP contribution is 2.01. The van der Waals surface area contributed by atoms with Crippen LogP contribution in [0.15, 0.2) is 0 Å². The number of alkyl halides is 2. The molecule has 10 heavy (non-hydrogen) atoms. The van der Waals surface area contributed by atoms with Gasteiger partial charge in [-0.3, -0.25) is 4.79 Å².